The van der Waals surface area contributed by atoms with Crippen LogP contribution in [0.2, 0.25) is 0 Å². The van der Waals surface area contributed by atoms with Crippen LogP contribution in [0.1, 0.15) is 100 Å². The summed E-state index contributed by atoms with van der Waals surface area (Å²) in [6.07, 6.45) is 14.3. The molecule has 0 atom stereocenters. The van der Waals surface area contributed by atoms with Crippen molar-refractivity contribution in [2.75, 3.05) is 17.2 Å². The number of benzene rings is 2. The third-order valence-electron chi connectivity index (χ3n) is 6.08. The molecule has 0 saturated heterocycles. The number of rotatable bonds is 17. The van der Waals surface area contributed by atoms with Crippen molar-refractivity contribution in [3.05, 3.63) is 63.7 Å². The number of nitrogens with zero attached hydrogens (tertiary/aromatic N) is 1. The van der Waals surface area contributed by atoms with Gasteiger partial charge >= 0.3 is 0 Å². The summed E-state index contributed by atoms with van der Waals surface area (Å²) in [5, 5.41) is 17.6. The predicted octanol–water partition coefficient (Wildman–Crippen LogP) is 8.13. The van der Waals surface area contributed by atoms with Gasteiger partial charge in [-0.25, -0.2) is 0 Å². The van der Waals surface area contributed by atoms with Crippen molar-refractivity contribution in [3.63, 3.8) is 0 Å². The number of aryl methyl sites for hydroxylation is 1. The van der Waals surface area contributed by atoms with E-state index < -0.39 is 4.92 Å². The van der Waals surface area contributed by atoms with E-state index in [4.69, 9.17) is 0 Å². The molecular formula is C28H41N3O3. The molecule has 6 heteroatoms. The van der Waals surface area contributed by atoms with Gasteiger partial charge in [0.25, 0.3) is 11.6 Å². The standard InChI is InChI=1S/C28H41N3O3/c1-3-5-7-8-9-10-11-13-21-29-26-20-19-25(22-27(26)31(33)34)30-28(32)24-17-15-23(16-18-24)14-12-6-4-2/h15-20,22,29H,3-14,21H2,1-2H3,(H,30,32). The maximum atomic E-state index is 12.6. The van der Waals surface area contributed by atoms with Crippen molar-refractivity contribution in [2.45, 2.75) is 90.9 Å². The summed E-state index contributed by atoms with van der Waals surface area (Å²) in [6, 6.07) is 12.4. The lowest BCUT2D eigenvalue weighted by molar-refractivity contribution is -0.383. The van der Waals surface area contributed by atoms with Gasteiger partial charge in [-0.1, -0.05) is 83.8 Å². The lowest BCUT2D eigenvalue weighted by atomic mass is 10.1. The first-order valence-corrected chi connectivity index (χ1v) is 13.0. The Morgan fingerprint density at radius 3 is 2.09 bits per heavy atom. The Labute approximate surface area is 204 Å². The highest BCUT2D eigenvalue weighted by atomic mass is 16.6. The highest BCUT2D eigenvalue weighted by molar-refractivity contribution is 6.04. The monoisotopic (exact) mass is 467 g/mol. The topological polar surface area (TPSA) is 84.3 Å². The lowest BCUT2D eigenvalue weighted by Crippen LogP contribution is -2.12. The second-order valence-corrected chi connectivity index (χ2v) is 9.00. The van der Waals surface area contributed by atoms with Crippen LogP contribution in [0.15, 0.2) is 42.5 Å². The van der Waals surface area contributed by atoms with E-state index in [1.165, 1.54) is 63.0 Å². The summed E-state index contributed by atoms with van der Waals surface area (Å²) in [6.45, 7) is 5.10. The second-order valence-electron chi connectivity index (χ2n) is 9.00. The second kappa shape index (κ2) is 15.9. The Hall–Kier alpha value is -2.89. The average Bonchev–Trinajstić information content (AvgIpc) is 2.84. The minimum Gasteiger partial charge on any atom is -0.379 e. The van der Waals surface area contributed by atoms with E-state index in [9.17, 15) is 14.9 Å². The van der Waals surface area contributed by atoms with Crippen molar-refractivity contribution in [2.24, 2.45) is 0 Å². The molecular weight excluding hydrogens is 426 g/mol. The van der Waals surface area contributed by atoms with Crippen LogP contribution in [0, 0.1) is 10.1 Å². The molecule has 0 bridgehead atoms. The van der Waals surface area contributed by atoms with Crippen LogP contribution < -0.4 is 10.6 Å². The van der Waals surface area contributed by atoms with Gasteiger partial charge in [-0.15, -0.1) is 0 Å². The van der Waals surface area contributed by atoms with E-state index in [0.717, 1.165) is 25.7 Å². The fraction of sp³-hybridized carbons (Fsp3) is 0.536. The minimum absolute atomic E-state index is 0.0244. The molecule has 0 radical (unpaired) electrons. The van der Waals surface area contributed by atoms with Gasteiger partial charge in [0.1, 0.15) is 5.69 Å². The molecule has 2 rings (SSSR count). The smallest absolute Gasteiger partial charge is 0.294 e. The van der Waals surface area contributed by atoms with Crippen molar-refractivity contribution in [1.29, 1.82) is 0 Å². The van der Waals surface area contributed by atoms with Crippen LogP contribution in [-0.4, -0.2) is 17.4 Å². The molecule has 2 N–H and O–H groups in total. The normalized spacial score (nSPS) is 10.8. The lowest BCUT2D eigenvalue weighted by Gasteiger charge is -2.10. The summed E-state index contributed by atoms with van der Waals surface area (Å²) in [4.78, 5) is 23.8. The Morgan fingerprint density at radius 2 is 1.44 bits per heavy atom. The summed E-state index contributed by atoms with van der Waals surface area (Å²) < 4.78 is 0. The van der Waals surface area contributed by atoms with Crippen molar-refractivity contribution in [3.8, 4) is 0 Å². The van der Waals surface area contributed by atoms with Gasteiger partial charge in [-0.05, 0) is 49.1 Å². The molecule has 0 spiro atoms. The molecule has 1 amide bonds. The van der Waals surface area contributed by atoms with E-state index >= 15 is 0 Å². The molecule has 0 aromatic heterocycles. The van der Waals surface area contributed by atoms with Crippen molar-refractivity contribution >= 4 is 23.0 Å². The fourth-order valence-electron chi connectivity index (χ4n) is 4.00. The maximum absolute atomic E-state index is 12.6. The van der Waals surface area contributed by atoms with Gasteiger partial charge in [-0.2, -0.15) is 0 Å². The van der Waals surface area contributed by atoms with Crippen LogP contribution in [0.3, 0.4) is 0 Å². The van der Waals surface area contributed by atoms with Crippen LogP contribution in [0.4, 0.5) is 17.1 Å². The molecule has 0 heterocycles. The third kappa shape index (κ3) is 9.94. The Bertz CT molecular complexity index is 881. The SMILES string of the molecule is CCCCCCCCCCNc1ccc(NC(=O)c2ccc(CCCCC)cc2)cc1[N+](=O)[O-]. The molecule has 2 aromatic rings. The number of nitrogens with one attached hydrogen (secondary N) is 2. The molecule has 6 nitrogen and oxygen atoms in total. The molecule has 0 aliphatic carbocycles. The van der Waals surface area contributed by atoms with Crippen LogP contribution >= 0.6 is 0 Å². The molecule has 0 aliphatic rings. The minimum atomic E-state index is -0.406. The van der Waals surface area contributed by atoms with Gasteiger partial charge < -0.3 is 10.6 Å². The number of carbonyl (C=O) groups excluding carboxylic acids is 1. The number of carbonyl (C=O) groups is 1. The molecule has 34 heavy (non-hydrogen) atoms. The predicted molar refractivity (Wildman–Crippen MR) is 142 cm³/mol. The van der Waals surface area contributed by atoms with E-state index in [1.54, 1.807) is 12.1 Å². The summed E-state index contributed by atoms with van der Waals surface area (Å²) >= 11 is 0. The van der Waals surface area contributed by atoms with Crippen LogP contribution in [-0.2, 0) is 6.42 Å². The van der Waals surface area contributed by atoms with Gasteiger partial charge in [0, 0.05) is 23.9 Å². The summed E-state index contributed by atoms with van der Waals surface area (Å²) in [5.41, 5.74) is 2.64. The fourth-order valence-corrected chi connectivity index (χ4v) is 4.00. The molecule has 0 saturated carbocycles. The number of nitro groups is 1. The first-order valence-electron chi connectivity index (χ1n) is 13.0. The zero-order chi connectivity index (χ0) is 24.6. The number of amides is 1. The number of anilines is 2. The van der Waals surface area contributed by atoms with Crippen molar-refractivity contribution < 1.29 is 9.72 Å². The first kappa shape index (κ1) is 27.4. The Kier molecular flexibility index (Phi) is 12.8. The average molecular weight is 468 g/mol. The van der Waals surface area contributed by atoms with E-state index in [1.807, 2.05) is 24.3 Å². The van der Waals surface area contributed by atoms with Crippen LogP contribution in [0.25, 0.3) is 0 Å². The number of hydrogen-bond acceptors (Lipinski definition) is 4. The molecule has 186 valence electrons. The summed E-state index contributed by atoms with van der Waals surface area (Å²) in [5.74, 6) is -0.269. The van der Waals surface area contributed by atoms with Gasteiger partial charge in [-0.3, -0.25) is 14.9 Å². The first-order chi connectivity index (χ1) is 16.5. The van der Waals surface area contributed by atoms with Crippen LogP contribution in [0.5, 0.6) is 0 Å². The summed E-state index contributed by atoms with van der Waals surface area (Å²) in [7, 11) is 0. The third-order valence-corrected chi connectivity index (χ3v) is 6.08. The Morgan fingerprint density at radius 1 is 0.824 bits per heavy atom. The number of unbranched alkanes of at least 4 members (excludes halogenated alkanes) is 9. The Balaban J connectivity index is 1.84. The van der Waals surface area contributed by atoms with Crippen molar-refractivity contribution in [1.82, 2.24) is 0 Å². The van der Waals surface area contributed by atoms with Gasteiger partial charge in [0.15, 0.2) is 0 Å². The highest BCUT2D eigenvalue weighted by Gasteiger charge is 2.16. The molecule has 2 aromatic carbocycles. The van der Waals surface area contributed by atoms with E-state index in [0.29, 0.717) is 23.5 Å². The van der Waals surface area contributed by atoms with Gasteiger partial charge in [0.2, 0.25) is 0 Å². The highest BCUT2D eigenvalue weighted by Crippen LogP contribution is 2.28. The van der Waals surface area contributed by atoms with E-state index in [-0.39, 0.29) is 11.6 Å². The zero-order valence-corrected chi connectivity index (χ0v) is 20.9. The quantitative estimate of drug-likeness (QED) is 0.140. The van der Waals surface area contributed by atoms with Gasteiger partial charge in [0.05, 0.1) is 4.92 Å². The maximum Gasteiger partial charge on any atom is 0.294 e. The number of hydrogen-bond donors (Lipinski definition) is 2. The van der Waals surface area contributed by atoms with E-state index in [2.05, 4.69) is 24.5 Å². The molecule has 0 unspecified atom stereocenters. The zero-order valence-electron chi connectivity index (χ0n) is 20.9. The molecule has 0 aliphatic heterocycles. The largest absolute Gasteiger partial charge is 0.379 e. The number of nitro benzene ring substituents is 1. The molecule has 0 fully saturated rings.